The average Bonchev–Trinajstić information content (AvgIpc) is 2.79. The van der Waals surface area contributed by atoms with Crippen molar-refractivity contribution in [3.8, 4) is 11.5 Å². The van der Waals surface area contributed by atoms with Crippen molar-refractivity contribution in [3.05, 3.63) is 89.5 Å². The van der Waals surface area contributed by atoms with Crippen LogP contribution in [0, 0.1) is 0 Å². The Balaban J connectivity index is 1.72. The summed E-state index contributed by atoms with van der Waals surface area (Å²) in [7, 11) is 2.98. The van der Waals surface area contributed by atoms with Gasteiger partial charge in [0.1, 0.15) is 0 Å². The zero-order chi connectivity index (χ0) is 21.3. The van der Waals surface area contributed by atoms with E-state index in [0.717, 1.165) is 12.0 Å². The van der Waals surface area contributed by atoms with Gasteiger partial charge in [-0.25, -0.2) is 0 Å². The van der Waals surface area contributed by atoms with E-state index in [4.69, 9.17) is 9.47 Å². The lowest BCUT2D eigenvalue weighted by molar-refractivity contribution is 0.0955. The molecule has 3 aromatic carbocycles. The molecular formula is C24H24N2O4. The van der Waals surface area contributed by atoms with Crippen LogP contribution in [0.2, 0.25) is 0 Å². The molecular weight excluding hydrogens is 380 g/mol. The van der Waals surface area contributed by atoms with Crippen molar-refractivity contribution in [1.82, 2.24) is 5.32 Å². The van der Waals surface area contributed by atoms with Crippen LogP contribution in [0.25, 0.3) is 0 Å². The quantitative estimate of drug-likeness (QED) is 0.596. The third kappa shape index (κ3) is 4.97. The van der Waals surface area contributed by atoms with Crippen molar-refractivity contribution in [2.45, 2.75) is 6.42 Å². The molecule has 30 heavy (non-hydrogen) atoms. The van der Waals surface area contributed by atoms with Gasteiger partial charge in [-0.05, 0) is 36.2 Å². The summed E-state index contributed by atoms with van der Waals surface area (Å²) >= 11 is 0. The predicted molar refractivity (Wildman–Crippen MR) is 116 cm³/mol. The molecule has 6 heteroatoms. The molecule has 0 unspecified atom stereocenters. The smallest absolute Gasteiger partial charge is 0.259 e. The van der Waals surface area contributed by atoms with Crippen LogP contribution >= 0.6 is 0 Å². The SMILES string of the molecule is COc1cccc(C(=O)Nc2ccccc2C(=O)NCCc2ccccc2)c1OC. The maximum Gasteiger partial charge on any atom is 0.259 e. The largest absolute Gasteiger partial charge is 0.493 e. The van der Waals surface area contributed by atoms with E-state index >= 15 is 0 Å². The van der Waals surface area contributed by atoms with Gasteiger partial charge in [0.05, 0.1) is 31.0 Å². The Labute approximate surface area is 175 Å². The zero-order valence-electron chi connectivity index (χ0n) is 17.0. The van der Waals surface area contributed by atoms with Crippen molar-refractivity contribution in [2.75, 3.05) is 26.1 Å². The van der Waals surface area contributed by atoms with Gasteiger partial charge in [0.25, 0.3) is 11.8 Å². The van der Waals surface area contributed by atoms with Crippen molar-refractivity contribution < 1.29 is 19.1 Å². The first-order valence-corrected chi connectivity index (χ1v) is 9.57. The molecule has 154 valence electrons. The van der Waals surface area contributed by atoms with Gasteiger partial charge in [-0.3, -0.25) is 9.59 Å². The average molecular weight is 404 g/mol. The van der Waals surface area contributed by atoms with Gasteiger partial charge in [-0.15, -0.1) is 0 Å². The molecule has 0 fully saturated rings. The Morgan fingerprint density at radius 1 is 0.767 bits per heavy atom. The van der Waals surface area contributed by atoms with Gasteiger partial charge in [0, 0.05) is 6.54 Å². The predicted octanol–water partition coefficient (Wildman–Crippen LogP) is 3.93. The van der Waals surface area contributed by atoms with Gasteiger partial charge < -0.3 is 20.1 Å². The minimum atomic E-state index is -0.393. The van der Waals surface area contributed by atoms with Crippen LogP contribution in [0.15, 0.2) is 72.8 Å². The number of anilines is 1. The molecule has 3 aromatic rings. The summed E-state index contributed by atoms with van der Waals surface area (Å²) in [4.78, 5) is 25.5. The summed E-state index contributed by atoms with van der Waals surface area (Å²) in [5.41, 5.74) is 2.27. The highest BCUT2D eigenvalue weighted by molar-refractivity contribution is 6.10. The number of para-hydroxylation sites is 2. The number of ether oxygens (including phenoxy) is 2. The van der Waals surface area contributed by atoms with E-state index in [1.54, 1.807) is 42.5 Å². The number of hydrogen-bond acceptors (Lipinski definition) is 4. The number of nitrogens with one attached hydrogen (secondary N) is 2. The molecule has 6 nitrogen and oxygen atoms in total. The van der Waals surface area contributed by atoms with Gasteiger partial charge in [0.2, 0.25) is 0 Å². The van der Waals surface area contributed by atoms with Crippen molar-refractivity contribution >= 4 is 17.5 Å². The lowest BCUT2D eigenvalue weighted by Crippen LogP contribution is -2.27. The topological polar surface area (TPSA) is 76.7 Å². The maximum absolute atomic E-state index is 12.9. The Hall–Kier alpha value is -3.80. The molecule has 0 saturated heterocycles. The molecule has 0 saturated carbocycles. The fraction of sp³-hybridized carbons (Fsp3) is 0.167. The number of amides is 2. The number of methoxy groups -OCH3 is 2. The van der Waals surface area contributed by atoms with Crippen LogP contribution in [0.1, 0.15) is 26.3 Å². The molecule has 2 amide bonds. The first kappa shape index (κ1) is 20.9. The zero-order valence-corrected chi connectivity index (χ0v) is 17.0. The molecule has 0 atom stereocenters. The summed E-state index contributed by atoms with van der Waals surface area (Å²) in [5, 5.41) is 5.71. The van der Waals surface area contributed by atoms with E-state index in [1.165, 1.54) is 14.2 Å². The fourth-order valence-corrected chi connectivity index (χ4v) is 3.11. The Bertz CT molecular complexity index is 1020. The summed E-state index contributed by atoms with van der Waals surface area (Å²) in [6.07, 6.45) is 0.724. The summed E-state index contributed by atoms with van der Waals surface area (Å²) < 4.78 is 10.6. The fourth-order valence-electron chi connectivity index (χ4n) is 3.11. The molecule has 0 aromatic heterocycles. The highest BCUT2D eigenvalue weighted by atomic mass is 16.5. The first-order chi connectivity index (χ1) is 14.6. The van der Waals surface area contributed by atoms with Crippen LogP contribution in [-0.4, -0.2) is 32.6 Å². The number of hydrogen-bond donors (Lipinski definition) is 2. The van der Waals surface area contributed by atoms with E-state index in [0.29, 0.717) is 34.9 Å². The Morgan fingerprint density at radius 3 is 2.20 bits per heavy atom. The molecule has 0 aliphatic rings. The first-order valence-electron chi connectivity index (χ1n) is 9.57. The molecule has 0 aliphatic heterocycles. The van der Waals surface area contributed by atoms with Crippen LogP contribution in [0.3, 0.4) is 0 Å². The van der Waals surface area contributed by atoms with E-state index < -0.39 is 5.91 Å². The third-order valence-corrected chi connectivity index (χ3v) is 4.61. The number of carbonyl (C=O) groups excluding carboxylic acids is 2. The summed E-state index contributed by atoms with van der Waals surface area (Å²) in [5.74, 6) is 0.147. The number of carbonyl (C=O) groups is 2. The monoisotopic (exact) mass is 404 g/mol. The minimum Gasteiger partial charge on any atom is -0.493 e. The van der Waals surface area contributed by atoms with Gasteiger partial charge in [-0.2, -0.15) is 0 Å². The second-order valence-electron chi connectivity index (χ2n) is 6.53. The maximum atomic E-state index is 12.9. The highest BCUT2D eigenvalue weighted by Gasteiger charge is 2.19. The van der Waals surface area contributed by atoms with Crippen LogP contribution in [-0.2, 0) is 6.42 Å². The minimum absolute atomic E-state index is 0.251. The van der Waals surface area contributed by atoms with Crippen molar-refractivity contribution in [2.24, 2.45) is 0 Å². The van der Waals surface area contributed by atoms with Gasteiger partial charge >= 0.3 is 0 Å². The number of rotatable bonds is 8. The third-order valence-electron chi connectivity index (χ3n) is 4.61. The molecule has 0 bridgehead atoms. The second kappa shape index (κ2) is 10.1. The van der Waals surface area contributed by atoms with Crippen LogP contribution in [0.5, 0.6) is 11.5 Å². The summed E-state index contributed by atoms with van der Waals surface area (Å²) in [6, 6.07) is 21.9. The number of benzene rings is 3. The van der Waals surface area contributed by atoms with E-state index in [9.17, 15) is 9.59 Å². The van der Waals surface area contributed by atoms with Crippen LogP contribution in [0.4, 0.5) is 5.69 Å². The molecule has 0 heterocycles. The van der Waals surface area contributed by atoms with Crippen molar-refractivity contribution in [3.63, 3.8) is 0 Å². The molecule has 2 N–H and O–H groups in total. The molecule has 0 spiro atoms. The lowest BCUT2D eigenvalue weighted by atomic mass is 10.1. The molecule has 3 rings (SSSR count). The van der Waals surface area contributed by atoms with E-state index in [-0.39, 0.29) is 5.91 Å². The van der Waals surface area contributed by atoms with Gasteiger partial charge in [-0.1, -0.05) is 48.5 Å². The highest BCUT2D eigenvalue weighted by Crippen LogP contribution is 2.31. The molecule has 0 radical (unpaired) electrons. The molecule has 0 aliphatic carbocycles. The van der Waals surface area contributed by atoms with E-state index in [2.05, 4.69) is 10.6 Å². The van der Waals surface area contributed by atoms with Crippen molar-refractivity contribution in [1.29, 1.82) is 0 Å². The van der Waals surface area contributed by atoms with E-state index in [1.807, 2.05) is 30.3 Å². The Morgan fingerprint density at radius 2 is 1.47 bits per heavy atom. The Kier molecular flexibility index (Phi) is 7.05. The van der Waals surface area contributed by atoms with Crippen LogP contribution < -0.4 is 20.1 Å². The van der Waals surface area contributed by atoms with Gasteiger partial charge in [0.15, 0.2) is 11.5 Å². The summed E-state index contributed by atoms with van der Waals surface area (Å²) in [6.45, 7) is 0.495. The second-order valence-corrected chi connectivity index (χ2v) is 6.53. The normalized spacial score (nSPS) is 10.2. The standard InChI is InChI=1S/C24H24N2O4/c1-29-21-14-8-12-19(22(21)30-2)24(28)26-20-13-7-6-11-18(20)23(27)25-16-15-17-9-4-3-5-10-17/h3-14H,15-16H2,1-2H3,(H,25,27)(H,26,28). The lowest BCUT2D eigenvalue weighted by Gasteiger charge is -2.14.